The van der Waals surface area contributed by atoms with Crippen molar-refractivity contribution in [2.75, 3.05) is 0 Å². The smallest absolute Gasteiger partial charge is 0.0132 e. The van der Waals surface area contributed by atoms with Crippen LogP contribution in [-0.4, -0.2) is 0 Å². The molecule has 0 atom stereocenters. The molecule has 0 fully saturated rings. The van der Waals surface area contributed by atoms with E-state index < -0.39 is 0 Å². The van der Waals surface area contributed by atoms with Gasteiger partial charge >= 0.3 is 0 Å². The van der Waals surface area contributed by atoms with Gasteiger partial charge < -0.3 is 0 Å². The molecule has 0 aliphatic rings. The minimum absolute atomic E-state index is 0.202. The van der Waals surface area contributed by atoms with Gasteiger partial charge in [0.25, 0.3) is 0 Å². The van der Waals surface area contributed by atoms with Crippen molar-refractivity contribution in [3.63, 3.8) is 0 Å². The highest BCUT2D eigenvalue weighted by Crippen LogP contribution is 2.27. The van der Waals surface area contributed by atoms with E-state index in [1.807, 2.05) is 13.0 Å². The van der Waals surface area contributed by atoms with Gasteiger partial charge in [-0.3, -0.25) is 0 Å². The van der Waals surface area contributed by atoms with E-state index >= 15 is 0 Å². The zero-order valence-electron chi connectivity index (χ0n) is 13.5. The van der Waals surface area contributed by atoms with Crippen molar-refractivity contribution < 1.29 is 0 Å². The van der Waals surface area contributed by atoms with E-state index in [0.29, 0.717) is 0 Å². The maximum absolute atomic E-state index is 3.85. The lowest BCUT2D eigenvalue weighted by Crippen LogP contribution is -2.10. The van der Waals surface area contributed by atoms with Gasteiger partial charge in [-0.25, -0.2) is 0 Å². The monoisotopic (exact) mass is 276 g/mol. The second kappa shape index (κ2) is 6.13. The van der Waals surface area contributed by atoms with Gasteiger partial charge in [-0.15, -0.1) is 0 Å². The van der Waals surface area contributed by atoms with Crippen LogP contribution in [0.1, 0.15) is 38.8 Å². The summed E-state index contributed by atoms with van der Waals surface area (Å²) >= 11 is 0. The van der Waals surface area contributed by atoms with E-state index in [9.17, 15) is 0 Å². The Morgan fingerprint density at radius 1 is 0.857 bits per heavy atom. The number of benzene rings is 2. The van der Waals surface area contributed by atoms with Gasteiger partial charge in [0.1, 0.15) is 0 Å². The fourth-order valence-corrected chi connectivity index (χ4v) is 2.42. The van der Waals surface area contributed by atoms with E-state index in [2.05, 4.69) is 82.0 Å². The van der Waals surface area contributed by atoms with E-state index in [1.165, 1.54) is 27.8 Å². The van der Waals surface area contributed by atoms with Crippen molar-refractivity contribution in [1.29, 1.82) is 0 Å². The van der Waals surface area contributed by atoms with Crippen LogP contribution in [0.15, 0.2) is 67.3 Å². The van der Waals surface area contributed by atoms with Crippen molar-refractivity contribution in [1.82, 2.24) is 0 Å². The molecule has 2 rings (SSSR count). The number of allylic oxidation sites excluding steroid dienone is 3. The molecule has 0 saturated heterocycles. The summed E-state index contributed by atoms with van der Waals surface area (Å²) in [6, 6.07) is 17.5. The molecular weight excluding hydrogens is 252 g/mol. The van der Waals surface area contributed by atoms with Crippen molar-refractivity contribution >= 4 is 5.57 Å². The van der Waals surface area contributed by atoms with Crippen LogP contribution in [0, 0.1) is 0 Å². The Morgan fingerprint density at radius 3 is 1.71 bits per heavy atom. The SMILES string of the molecule is C=C/C(=C\C)c1ccc(-c2ccc(C(C)(C)C)cc2)cc1. The van der Waals surface area contributed by atoms with Gasteiger partial charge in [0, 0.05) is 0 Å². The molecule has 0 N–H and O–H groups in total. The van der Waals surface area contributed by atoms with E-state index in [4.69, 9.17) is 0 Å². The molecule has 0 amide bonds. The van der Waals surface area contributed by atoms with Crippen LogP contribution in [0.2, 0.25) is 0 Å². The zero-order chi connectivity index (χ0) is 15.5. The van der Waals surface area contributed by atoms with Crippen molar-refractivity contribution in [3.8, 4) is 11.1 Å². The topological polar surface area (TPSA) is 0 Å². The van der Waals surface area contributed by atoms with Crippen LogP contribution in [0.25, 0.3) is 16.7 Å². The lowest BCUT2D eigenvalue weighted by Gasteiger charge is -2.19. The quantitative estimate of drug-likeness (QED) is 0.582. The molecule has 0 aliphatic heterocycles. The Kier molecular flexibility index (Phi) is 4.47. The predicted molar refractivity (Wildman–Crippen MR) is 94.4 cm³/mol. The third-order valence-electron chi connectivity index (χ3n) is 3.83. The zero-order valence-corrected chi connectivity index (χ0v) is 13.5. The Hall–Kier alpha value is -2.08. The Balaban J connectivity index is 2.29. The van der Waals surface area contributed by atoms with Crippen LogP contribution < -0.4 is 0 Å². The summed E-state index contributed by atoms with van der Waals surface area (Å²) in [5, 5.41) is 0. The summed E-state index contributed by atoms with van der Waals surface area (Å²) in [4.78, 5) is 0. The molecule has 0 nitrogen and oxygen atoms in total. The van der Waals surface area contributed by atoms with Gasteiger partial charge in [-0.1, -0.05) is 88.0 Å². The minimum Gasteiger partial charge on any atom is -0.0985 e. The van der Waals surface area contributed by atoms with Crippen molar-refractivity contribution in [2.24, 2.45) is 0 Å². The van der Waals surface area contributed by atoms with E-state index in [0.717, 1.165) is 0 Å². The second-order valence-electron chi connectivity index (χ2n) is 6.35. The summed E-state index contributed by atoms with van der Waals surface area (Å²) < 4.78 is 0. The summed E-state index contributed by atoms with van der Waals surface area (Å²) in [6.45, 7) is 12.6. The molecule has 0 unspecified atom stereocenters. The first kappa shape index (κ1) is 15.3. The van der Waals surface area contributed by atoms with Gasteiger partial charge in [0.2, 0.25) is 0 Å². The fraction of sp³-hybridized carbons (Fsp3) is 0.238. The summed E-state index contributed by atoms with van der Waals surface area (Å²) in [7, 11) is 0. The molecule has 108 valence electrons. The maximum Gasteiger partial charge on any atom is -0.0132 e. The highest BCUT2D eigenvalue weighted by molar-refractivity contribution is 5.75. The molecule has 0 bridgehead atoms. The first-order valence-corrected chi connectivity index (χ1v) is 7.46. The van der Waals surface area contributed by atoms with Gasteiger partial charge in [0.05, 0.1) is 0 Å². The van der Waals surface area contributed by atoms with E-state index in [1.54, 1.807) is 0 Å². The number of rotatable bonds is 3. The molecule has 2 aromatic carbocycles. The molecule has 0 saturated carbocycles. The normalized spacial score (nSPS) is 12.3. The lowest BCUT2D eigenvalue weighted by atomic mass is 9.86. The number of hydrogen-bond donors (Lipinski definition) is 0. The molecule has 0 spiro atoms. The Labute approximate surface area is 128 Å². The maximum atomic E-state index is 3.85. The Bertz CT molecular complexity index is 632. The third-order valence-corrected chi connectivity index (χ3v) is 3.83. The molecule has 0 aromatic heterocycles. The molecule has 0 aliphatic carbocycles. The highest BCUT2D eigenvalue weighted by atomic mass is 14.2. The first-order chi connectivity index (χ1) is 9.95. The van der Waals surface area contributed by atoms with Gasteiger partial charge in [-0.2, -0.15) is 0 Å². The van der Waals surface area contributed by atoms with Crippen LogP contribution >= 0.6 is 0 Å². The predicted octanol–water partition coefficient (Wildman–Crippen LogP) is 6.24. The van der Waals surface area contributed by atoms with Crippen LogP contribution in [0.4, 0.5) is 0 Å². The summed E-state index contributed by atoms with van der Waals surface area (Å²) in [6.07, 6.45) is 3.98. The molecule has 21 heavy (non-hydrogen) atoms. The largest absolute Gasteiger partial charge is 0.0985 e. The average molecular weight is 276 g/mol. The average Bonchev–Trinajstić information content (AvgIpc) is 2.48. The van der Waals surface area contributed by atoms with Crippen LogP contribution in [-0.2, 0) is 5.41 Å². The van der Waals surface area contributed by atoms with Crippen molar-refractivity contribution in [2.45, 2.75) is 33.1 Å². The van der Waals surface area contributed by atoms with Crippen LogP contribution in [0.3, 0.4) is 0 Å². The molecule has 0 heteroatoms. The minimum atomic E-state index is 0.202. The summed E-state index contributed by atoms with van der Waals surface area (Å²) in [5.41, 5.74) is 6.46. The number of hydrogen-bond acceptors (Lipinski definition) is 0. The van der Waals surface area contributed by atoms with Gasteiger partial charge in [-0.05, 0) is 40.2 Å². The standard InChI is InChI=1S/C21H24/c1-6-16(7-2)17-8-10-18(11-9-17)19-12-14-20(15-13-19)21(3,4)5/h6-15H,1H2,2-5H3/b16-7+. The Morgan fingerprint density at radius 2 is 1.33 bits per heavy atom. The van der Waals surface area contributed by atoms with Gasteiger partial charge in [0.15, 0.2) is 0 Å². The summed E-state index contributed by atoms with van der Waals surface area (Å²) in [5.74, 6) is 0. The molecule has 0 heterocycles. The molecule has 2 aromatic rings. The molecular formula is C21H24. The van der Waals surface area contributed by atoms with E-state index in [-0.39, 0.29) is 5.41 Å². The lowest BCUT2D eigenvalue weighted by molar-refractivity contribution is 0.590. The van der Waals surface area contributed by atoms with Crippen LogP contribution in [0.5, 0.6) is 0 Å². The third kappa shape index (κ3) is 3.52. The first-order valence-electron chi connectivity index (χ1n) is 7.46. The fourth-order valence-electron chi connectivity index (χ4n) is 2.42. The van der Waals surface area contributed by atoms with Crippen molar-refractivity contribution in [3.05, 3.63) is 78.4 Å². The molecule has 0 radical (unpaired) electrons. The second-order valence-corrected chi connectivity index (χ2v) is 6.35. The highest BCUT2D eigenvalue weighted by Gasteiger charge is 2.12.